The van der Waals surface area contributed by atoms with Gasteiger partial charge in [0.15, 0.2) is 0 Å². The Morgan fingerprint density at radius 1 is 1.38 bits per heavy atom. The summed E-state index contributed by atoms with van der Waals surface area (Å²) in [5.74, 6) is -0.745. The number of carbonyl (C=O) groups is 1. The molecule has 7 nitrogen and oxygen atoms in total. The smallest absolute Gasteiger partial charge is 0.343 e. The van der Waals surface area contributed by atoms with Crippen LogP contribution in [-0.4, -0.2) is 22.5 Å². The molecule has 1 heterocycles. The van der Waals surface area contributed by atoms with Crippen molar-refractivity contribution in [2.45, 2.75) is 20.3 Å². The Balaban J connectivity index is 2.78. The molecule has 0 aliphatic rings. The zero-order chi connectivity index (χ0) is 15.6. The first-order valence-corrected chi connectivity index (χ1v) is 6.49. The maximum atomic E-state index is 12.3. The predicted molar refractivity (Wildman–Crippen MR) is 76.6 cm³/mol. The molecule has 0 spiro atoms. The van der Waals surface area contributed by atoms with Crippen LogP contribution in [0.4, 0.5) is 5.69 Å². The molecule has 2 rings (SSSR count). The molecular weight excluding hydrogens is 276 g/mol. The molecule has 0 aliphatic heterocycles. The van der Waals surface area contributed by atoms with Crippen LogP contribution in [-0.2, 0) is 11.2 Å². The largest absolute Gasteiger partial charge is 0.462 e. The van der Waals surface area contributed by atoms with Gasteiger partial charge >= 0.3 is 5.97 Å². The first-order chi connectivity index (χ1) is 9.99. The topological polar surface area (TPSA) is 102 Å². The minimum Gasteiger partial charge on any atom is -0.462 e. The summed E-state index contributed by atoms with van der Waals surface area (Å²) < 4.78 is 4.80. The quantitative estimate of drug-likeness (QED) is 0.528. The number of nitro groups is 1. The molecule has 0 atom stereocenters. The average Bonchev–Trinajstić information content (AvgIpc) is 2.46. The first kappa shape index (κ1) is 14.7. The van der Waals surface area contributed by atoms with E-state index >= 15 is 0 Å². The van der Waals surface area contributed by atoms with E-state index in [1.807, 2.05) is 6.92 Å². The SMILES string of the molecule is CCOC(=O)c1c[nH]c2c([N+](=O)[O-])cc(CC)cc2c1=O. The van der Waals surface area contributed by atoms with Crippen molar-refractivity contribution in [2.24, 2.45) is 0 Å². The maximum Gasteiger partial charge on any atom is 0.343 e. The fourth-order valence-electron chi connectivity index (χ4n) is 2.08. The van der Waals surface area contributed by atoms with Crippen molar-refractivity contribution in [2.75, 3.05) is 6.61 Å². The Labute approximate surface area is 119 Å². The predicted octanol–water partition coefficient (Wildman–Crippen LogP) is 2.18. The molecular formula is C14H14N2O5. The Morgan fingerprint density at radius 3 is 2.67 bits per heavy atom. The maximum absolute atomic E-state index is 12.3. The molecule has 0 unspecified atom stereocenters. The van der Waals surface area contributed by atoms with Gasteiger partial charge in [0.1, 0.15) is 11.1 Å². The van der Waals surface area contributed by atoms with Crippen LogP contribution in [0.5, 0.6) is 0 Å². The number of aryl methyl sites for hydroxylation is 1. The van der Waals surface area contributed by atoms with Gasteiger partial charge in [-0.1, -0.05) is 6.92 Å². The van der Waals surface area contributed by atoms with Crippen molar-refractivity contribution < 1.29 is 14.5 Å². The second-order valence-electron chi connectivity index (χ2n) is 4.40. The molecule has 1 N–H and O–H groups in total. The number of nitrogens with zero attached hydrogens (tertiary/aromatic N) is 1. The van der Waals surface area contributed by atoms with Gasteiger partial charge in [0.2, 0.25) is 5.43 Å². The van der Waals surface area contributed by atoms with Gasteiger partial charge in [0, 0.05) is 12.3 Å². The third-order valence-electron chi connectivity index (χ3n) is 3.13. The highest BCUT2D eigenvalue weighted by molar-refractivity contribution is 5.96. The fraction of sp³-hybridized carbons (Fsp3) is 0.286. The van der Waals surface area contributed by atoms with Gasteiger partial charge < -0.3 is 9.72 Å². The molecule has 21 heavy (non-hydrogen) atoms. The lowest BCUT2D eigenvalue weighted by Crippen LogP contribution is -2.18. The van der Waals surface area contributed by atoms with Crippen molar-refractivity contribution >= 4 is 22.6 Å². The number of nitrogens with one attached hydrogen (secondary N) is 1. The lowest BCUT2D eigenvalue weighted by Gasteiger charge is -2.05. The highest BCUT2D eigenvalue weighted by Crippen LogP contribution is 2.24. The number of ether oxygens (including phenoxy) is 1. The minimum atomic E-state index is -0.745. The normalized spacial score (nSPS) is 10.6. The summed E-state index contributed by atoms with van der Waals surface area (Å²) in [6.07, 6.45) is 1.70. The van der Waals surface area contributed by atoms with Gasteiger partial charge in [0.05, 0.1) is 16.9 Å². The summed E-state index contributed by atoms with van der Waals surface area (Å²) in [6, 6.07) is 2.98. The number of esters is 1. The third kappa shape index (κ3) is 2.62. The standard InChI is InChI=1S/C14H14N2O5/c1-3-8-5-9-12(11(6-8)16(19)20)15-7-10(13(9)17)14(18)21-4-2/h5-7H,3-4H2,1-2H3,(H,15,17). The van der Waals surface area contributed by atoms with Crippen LogP contribution in [0, 0.1) is 10.1 Å². The number of non-ortho nitro benzene ring substituents is 1. The number of nitro benzene ring substituents is 1. The van der Waals surface area contributed by atoms with Crippen molar-refractivity contribution in [3.8, 4) is 0 Å². The van der Waals surface area contributed by atoms with Crippen molar-refractivity contribution in [1.82, 2.24) is 4.98 Å². The van der Waals surface area contributed by atoms with Crippen molar-refractivity contribution in [1.29, 1.82) is 0 Å². The van der Waals surface area contributed by atoms with Gasteiger partial charge in [0.25, 0.3) is 5.69 Å². The Bertz CT molecular complexity index is 779. The molecule has 0 aliphatic carbocycles. The summed E-state index contributed by atoms with van der Waals surface area (Å²) in [5, 5.41) is 11.2. The summed E-state index contributed by atoms with van der Waals surface area (Å²) >= 11 is 0. The average molecular weight is 290 g/mol. The van der Waals surface area contributed by atoms with E-state index in [-0.39, 0.29) is 28.8 Å². The van der Waals surface area contributed by atoms with Gasteiger partial charge in [-0.25, -0.2) is 4.79 Å². The van der Waals surface area contributed by atoms with Crippen LogP contribution in [0.25, 0.3) is 10.9 Å². The van der Waals surface area contributed by atoms with E-state index in [2.05, 4.69) is 4.98 Å². The van der Waals surface area contributed by atoms with E-state index in [0.717, 1.165) is 6.20 Å². The van der Waals surface area contributed by atoms with E-state index in [1.165, 1.54) is 6.07 Å². The summed E-state index contributed by atoms with van der Waals surface area (Å²) in [5.41, 5.74) is -0.152. The van der Waals surface area contributed by atoms with Gasteiger partial charge in [-0.3, -0.25) is 14.9 Å². The second-order valence-corrected chi connectivity index (χ2v) is 4.40. The molecule has 0 bridgehead atoms. The van der Waals surface area contributed by atoms with E-state index < -0.39 is 16.3 Å². The Kier molecular flexibility index (Phi) is 4.02. The first-order valence-electron chi connectivity index (χ1n) is 6.49. The number of fused-ring (bicyclic) bond motifs is 1. The molecule has 1 aromatic carbocycles. The molecule has 1 aromatic heterocycles. The third-order valence-corrected chi connectivity index (χ3v) is 3.13. The van der Waals surface area contributed by atoms with E-state index in [9.17, 15) is 19.7 Å². The van der Waals surface area contributed by atoms with Crippen LogP contribution < -0.4 is 5.43 Å². The summed E-state index contributed by atoms with van der Waals surface area (Å²) in [4.78, 5) is 37.3. The molecule has 110 valence electrons. The highest BCUT2D eigenvalue weighted by Gasteiger charge is 2.20. The number of hydrogen-bond acceptors (Lipinski definition) is 5. The van der Waals surface area contributed by atoms with Gasteiger partial charge in [-0.05, 0) is 25.0 Å². The van der Waals surface area contributed by atoms with Crippen LogP contribution in [0.15, 0.2) is 23.1 Å². The number of H-pyrrole nitrogens is 1. The molecule has 0 saturated heterocycles. The number of aromatic nitrogens is 1. The molecule has 0 saturated carbocycles. The highest BCUT2D eigenvalue weighted by atomic mass is 16.6. The zero-order valence-electron chi connectivity index (χ0n) is 11.6. The minimum absolute atomic E-state index is 0.107. The number of hydrogen-bond donors (Lipinski definition) is 1. The lowest BCUT2D eigenvalue weighted by molar-refractivity contribution is -0.383. The Morgan fingerprint density at radius 2 is 2.10 bits per heavy atom. The van der Waals surface area contributed by atoms with Crippen molar-refractivity contribution in [3.63, 3.8) is 0 Å². The van der Waals surface area contributed by atoms with Gasteiger partial charge in [-0.15, -0.1) is 0 Å². The summed E-state index contributed by atoms with van der Waals surface area (Å²) in [6.45, 7) is 3.60. The second kappa shape index (κ2) is 5.74. The molecule has 2 aromatic rings. The van der Waals surface area contributed by atoms with Gasteiger partial charge in [-0.2, -0.15) is 0 Å². The number of carbonyl (C=O) groups excluding carboxylic acids is 1. The van der Waals surface area contributed by atoms with E-state index in [1.54, 1.807) is 13.0 Å². The molecule has 0 amide bonds. The Hall–Kier alpha value is -2.70. The number of pyridine rings is 1. The molecule has 0 radical (unpaired) electrons. The number of benzene rings is 1. The van der Waals surface area contributed by atoms with Crippen LogP contribution in [0.3, 0.4) is 0 Å². The van der Waals surface area contributed by atoms with Crippen LogP contribution in [0.1, 0.15) is 29.8 Å². The van der Waals surface area contributed by atoms with E-state index in [0.29, 0.717) is 12.0 Å². The van der Waals surface area contributed by atoms with Crippen LogP contribution in [0.2, 0.25) is 0 Å². The van der Waals surface area contributed by atoms with Crippen molar-refractivity contribution in [3.05, 3.63) is 49.8 Å². The lowest BCUT2D eigenvalue weighted by atomic mass is 10.1. The van der Waals surface area contributed by atoms with E-state index in [4.69, 9.17) is 4.74 Å². The zero-order valence-corrected chi connectivity index (χ0v) is 11.6. The molecule has 0 fully saturated rings. The summed E-state index contributed by atoms with van der Waals surface area (Å²) in [7, 11) is 0. The number of aromatic amines is 1. The fourth-order valence-corrected chi connectivity index (χ4v) is 2.08. The number of rotatable bonds is 4. The monoisotopic (exact) mass is 290 g/mol. The molecule has 7 heteroatoms. The van der Waals surface area contributed by atoms with Crippen LogP contribution >= 0.6 is 0 Å².